The summed E-state index contributed by atoms with van der Waals surface area (Å²) in [5, 5.41) is 0. The van der Waals surface area contributed by atoms with E-state index in [0.717, 1.165) is 15.2 Å². The van der Waals surface area contributed by atoms with Gasteiger partial charge in [-0.25, -0.2) is 16.8 Å². The van der Waals surface area contributed by atoms with Crippen LogP contribution in [0, 0.1) is 0 Å². The van der Waals surface area contributed by atoms with E-state index in [9.17, 15) is 43.2 Å². The molecule has 1 aliphatic heterocycles. The molecular formula is C10H14F6N2O4S2. The van der Waals surface area contributed by atoms with Gasteiger partial charge in [0.2, 0.25) is 0 Å². The van der Waals surface area contributed by atoms with Gasteiger partial charge in [0.1, 0.15) is 6.54 Å². The lowest BCUT2D eigenvalue weighted by Crippen LogP contribution is -2.38. The fourth-order valence-corrected chi connectivity index (χ4v) is 2.86. The number of hydrogen-bond acceptors (Lipinski definition) is 4. The third kappa shape index (κ3) is 6.41. The molecule has 0 saturated carbocycles. The summed E-state index contributed by atoms with van der Waals surface area (Å²) in [5.41, 5.74) is -12.4. The molecule has 0 amide bonds. The van der Waals surface area contributed by atoms with Crippen molar-refractivity contribution in [2.45, 2.75) is 17.9 Å². The lowest BCUT2D eigenvalue weighted by Gasteiger charge is -2.28. The van der Waals surface area contributed by atoms with E-state index in [1.165, 1.54) is 6.54 Å². The quantitative estimate of drug-likeness (QED) is 0.535. The van der Waals surface area contributed by atoms with Gasteiger partial charge in [0, 0.05) is 0 Å². The molecule has 0 aromatic heterocycles. The van der Waals surface area contributed by atoms with E-state index in [1.807, 2.05) is 0 Å². The molecule has 1 aliphatic rings. The van der Waals surface area contributed by atoms with Crippen molar-refractivity contribution >= 4 is 20.0 Å². The molecule has 14 heteroatoms. The van der Waals surface area contributed by atoms with Gasteiger partial charge in [0.05, 0.1) is 19.8 Å². The number of sulfonamides is 2. The minimum atomic E-state index is -6.72. The Balaban J connectivity index is 0.000000496. The first-order valence-corrected chi connectivity index (χ1v) is 8.91. The molecular weight excluding hydrogens is 390 g/mol. The van der Waals surface area contributed by atoms with E-state index < -0.39 is 31.1 Å². The van der Waals surface area contributed by atoms with Crippen molar-refractivity contribution in [2.24, 2.45) is 0 Å². The van der Waals surface area contributed by atoms with Crippen molar-refractivity contribution in [1.82, 2.24) is 0 Å². The molecule has 0 aromatic carbocycles. The fourth-order valence-electron chi connectivity index (χ4n) is 1.15. The predicted molar refractivity (Wildman–Crippen MR) is 73.2 cm³/mol. The van der Waals surface area contributed by atoms with Gasteiger partial charge in [0.15, 0.2) is 20.0 Å². The van der Waals surface area contributed by atoms with Crippen LogP contribution in [-0.2, 0) is 20.0 Å². The second-order valence-electron chi connectivity index (χ2n) is 4.66. The SMILES string of the molecule is CC[N+]1(C)C=CC=CC1.O=S(=O)([N-]S(=O)(=O)C(F)(F)F)C(F)(F)F. The lowest BCUT2D eigenvalue weighted by atomic mass is 10.3. The molecule has 1 rings (SSSR count). The van der Waals surface area contributed by atoms with Gasteiger partial charge in [-0.3, -0.25) is 4.48 Å². The Labute approximate surface area is 135 Å². The van der Waals surface area contributed by atoms with Crippen molar-refractivity contribution in [3.63, 3.8) is 0 Å². The molecule has 0 bridgehead atoms. The van der Waals surface area contributed by atoms with Crippen LogP contribution < -0.4 is 0 Å². The number of hydrogen-bond donors (Lipinski definition) is 0. The van der Waals surface area contributed by atoms with Crippen LogP contribution in [0.15, 0.2) is 24.4 Å². The predicted octanol–water partition coefficient (Wildman–Crippen LogP) is 2.60. The van der Waals surface area contributed by atoms with Crippen LogP contribution in [0.25, 0.3) is 4.13 Å². The Morgan fingerprint density at radius 2 is 1.38 bits per heavy atom. The summed E-state index contributed by atoms with van der Waals surface area (Å²) < 4.78 is 110. The first-order chi connectivity index (χ1) is 10.5. The highest BCUT2D eigenvalue weighted by Crippen LogP contribution is 2.36. The molecule has 0 fully saturated rings. The molecule has 1 unspecified atom stereocenters. The number of alkyl halides is 6. The maximum Gasteiger partial charge on any atom is 0.480 e. The van der Waals surface area contributed by atoms with Crippen LogP contribution in [0.1, 0.15) is 6.92 Å². The Bertz CT molecular complexity index is 652. The van der Waals surface area contributed by atoms with Crippen molar-refractivity contribution in [3.8, 4) is 0 Å². The number of quaternary nitrogens is 1. The van der Waals surface area contributed by atoms with Crippen molar-refractivity contribution < 1.29 is 47.7 Å². The van der Waals surface area contributed by atoms with E-state index in [4.69, 9.17) is 0 Å². The average molecular weight is 404 g/mol. The second-order valence-corrected chi connectivity index (χ2v) is 8.09. The summed E-state index contributed by atoms with van der Waals surface area (Å²) in [7, 11) is -11.2. The smallest absolute Gasteiger partial charge is 0.421 e. The number of likely N-dealkylation sites (N-methyl/N-ethyl adjacent to an activating group) is 1. The zero-order valence-electron chi connectivity index (χ0n) is 12.3. The van der Waals surface area contributed by atoms with Crippen LogP contribution in [0.5, 0.6) is 0 Å². The van der Waals surface area contributed by atoms with Crippen LogP contribution in [0.3, 0.4) is 0 Å². The van der Waals surface area contributed by atoms with Crippen LogP contribution in [0.4, 0.5) is 26.3 Å². The maximum atomic E-state index is 11.4. The molecule has 0 radical (unpaired) electrons. The van der Waals surface area contributed by atoms with Crippen molar-refractivity contribution in [1.29, 1.82) is 0 Å². The number of halogens is 6. The highest BCUT2D eigenvalue weighted by Gasteiger charge is 2.46. The van der Waals surface area contributed by atoms with E-state index in [2.05, 4.69) is 38.4 Å². The third-order valence-electron chi connectivity index (χ3n) is 2.72. The molecule has 0 saturated heterocycles. The van der Waals surface area contributed by atoms with Gasteiger partial charge in [-0.1, -0.05) is 6.08 Å². The summed E-state index contributed by atoms with van der Waals surface area (Å²) in [6.45, 7) is 4.54. The molecule has 0 aromatic rings. The summed E-state index contributed by atoms with van der Waals surface area (Å²) in [6, 6.07) is 0. The molecule has 0 aliphatic carbocycles. The van der Waals surface area contributed by atoms with Crippen LogP contribution >= 0.6 is 0 Å². The lowest BCUT2D eigenvalue weighted by molar-refractivity contribution is -0.852. The van der Waals surface area contributed by atoms with Gasteiger partial charge in [0.25, 0.3) is 0 Å². The topological polar surface area (TPSA) is 82.4 Å². The fraction of sp³-hybridized carbons (Fsp3) is 0.600. The normalized spacial score (nSPS) is 22.0. The Kier molecular flexibility index (Phi) is 7.06. The van der Waals surface area contributed by atoms with Gasteiger partial charge >= 0.3 is 11.0 Å². The molecule has 0 spiro atoms. The minimum Gasteiger partial charge on any atom is -0.421 e. The first-order valence-electron chi connectivity index (χ1n) is 6.03. The highest BCUT2D eigenvalue weighted by molar-refractivity contribution is 8.13. The summed E-state index contributed by atoms with van der Waals surface area (Å²) >= 11 is 0. The minimum absolute atomic E-state index is 0.778. The molecule has 1 atom stereocenters. The Morgan fingerprint density at radius 1 is 0.958 bits per heavy atom. The summed E-state index contributed by atoms with van der Waals surface area (Å²) in [6.07, 6.45) is 8.67. The maximum absolute atomic E-state index is 11.4. The Hall–Kier alpha value is -1.12. The zero-order valence-corrected chi connectivity index (χ0v) is 14.0. The third-order valence-corrected chi connectivity index (χ3v) is 5.46. The number of rotatable bonds is 3. The van der Waals surface area contributed by atoms with E-state index in [1.54, 1.807) is 0 Å². The van der Waals surface area contributed by atoms with Gasteiger partial charge in [-0.05, 0) is 19.1 Å². The molecule has 142 valence electrons. The van der Waals surface area contributed by atoms with Crippen molar-refractivity contribution in [3.05, 3.63) is 28.6 Å². The van der Waals surface area contributed by atoms with Gasteiger partial charge in [-0.15, -0.1) is 0 Å². The monoisotopic (exact) mass is 404 g/mol. The van der Waals surface area contributed by atoms with E-state index in [-0.39, 0.29) is 0 Å². The summed E-state index contributed by atoms with van der Waals surface area (Å²) in [5.74, 6) is 0. The first kappa shape index (κ1) is 22.9. The number of allylic oxidation sites excluding steroid dienone is 2. The molecule has 0 N–H and O–H groups in total. The number of nitrogens with zero attached hydrogens (tertiary/aromatic N) is 2. The zero-order chi connectivity index (χ0) is 19.4. The van der Waals surface area contributed by atoms with Crippen LogP contribution in [0.2, 0.25) is 0 Å². The van der Waals surface area contributed by atoms with Gasteiger partial charge < -0.3 is 4.13 Å². The van der Waals surface area contributed by atoms with Crippen molar-refractivity contribution in [2.75, 3.05) is 20.1 Å². The Morgan fingerprint density at radius 3 is 1.58 bits per heavy atom. The summed E-state index contributed by atoms with van der Waals surface area (Å²) in [4.78, 5) is 0. The standard InChI is InChI=1S/C8H14N.C2F6NO4S2/c1-3-9(2)7-5-4-6-8-9;3-1(4,5)14(10,11)9-15(12,13)2(6,7)8/h4-7H,3,8H2,1-2H3;/q+1;-1. The molecule has 1 heterocycles. The second kappa shape index (κ2) is 7.41. The van der Waals surface area contributed by atoms with E-state index >= 15 is 0 Å². The highest BCUT2D eigenvalue weighted by atomic mass is 32.3. The molecule has 24 heavy (non-hydrogen) atoms. The van der Waals surface area contributed by atoms with Gasteiger partial charge in [-0.2, -0.15) is 26.3 Å². The largest absolute Gasteiger partial charge is 0.480 e. The average Bonchev–Trinajstić information content (AvgIpc) is 2.36. The van der Waals surface area contributed by atoms with E-state index in [0.29, 0.717) is 0 Å². The van der Waals surface area contributed by atoms with Crippen LogP contribution in [-0.4, -0.2) is 52.5 Å². The molecule has 6 nitrogen and oxygen atoms in total.